The van der Waals surface area contributed by atoms with Gasteiger partial charge in [-0.25, -0.2) is 4.39 Å². The second kappa shape index (κ2) is 6.62. The van der Waals surface area contributed by atoms with Gasteiger partial charge in [0.05, 0.1) is 11.1 Å². The van der Waals surface area contributed by atoms with E-state index in [1.165, 1.54) is 6.07 Å². The van der Waals surface area contributed by atoms with E-state index in [1.807, 2.05) is 0 Å². The highest BCUT2D eigenvalue weighted by Gasteiger charge is 2.34. The van der Waals surface area contributed by atoms with Crippen LogP contribution in [0.3, 0.4) is 0 Å². The van der Waals surface area contributed by atoms with Crippen LogP contribution in [0.15, 0.2) is 42.5 Å². The fraction of sp³-hybridized carbons (Fsp3) is 0.143. The van der Waals surface area contributed by atoms with Crippen LogP contribution in [0.2, 0.25) is 0 Å². The maximum absolute atomic E-state index is 12.7. The smallest absolute Gasteiger partial charge is 0.524 e. The second-order valence-electron chi connectivity index (χ2n) is 4.47. The Morgan fingerprint density at radius 3 is 1.62 bits per heavy atom. The van der Waals surface area contributed by atoms with Crippen molar-refractivity contribution in [2.75, 3.05) is 0 Å². The summed E-state index contributed by atoms with van der Waals surface area (Å²) < 4.78 is 93.8. The van der Waals surface area contributed by atoms with E-state index >= 15 is 0 Å². The van der Waals surface area contributed by atoms with Crippen LogP contribution in [-0.4, -0.2) is 7.69 Å². The molecular formula is C14H7BF7O2. The Morgan fingerprint density at radius 1 is 0.708 bits per heavy atom. The molecule has 0 unspecified atom stereocenters. The van der Waals surface area contributed by atoms with Gasteiger partial charge in [0.15, 0.2) is 11.6 Å². The van der Waals surface area contributed by atoms with Crippen LogP contribution in [-0.2, 0) is 12.4 Å². The highest BCUT2D eigenvalue weighted by atomic mass is 19.4. The van der Waals surface area contributed by atoms with E-state index in [0.717, 1.165) is 7.69 Å². The van der Waals surface area contributed by atoms with Crippen molar-refractivity contribution in [2.45, 2.75) is 12.4 Å². The minimum atomic E-state index is -4.61. The van der Waals surface area contributed by atoms with Gasteiger partial charge in [-0.1, -0.05) is 6.07 Å². The summed E-state index contributed by atoms with van der Waals surface area (Å²) in [7, 11) is 1.10. The number of alkyl halides is 6. The van der Waals surface area contributed by atoms with Crippen molar-refractivity contribution in [3.05, 3.63) is 59.4 Å². The first-order valence-electron chi connectivity index (χ1n) is 6.27. The molecule has 0 bridgehead atoms. The molecule has 10 heteroatoms. The number of hydrogen-bond acceptors (Lipinski definition) is 2. The highest BCUT2D eigenvalue weighted by molar-refractivity contribution is 6.22. The molecule has 2 nitrogen and oxygen atoms in total. The minimum Gasteiger partial charge on any atom is -0.524 e. The normalized spacial score (nSPS) is 13.0. The van der Waals surface area contributed by atoms with E-state index in [9.17, 15) is 30.7 Å². The summed E-state index contributed by atoms with van der Waals surface area (Å²) in [6.07, 6.45) is -9.21. The monoisotopic (exact) mass is 351 g/mol. The van der Waals surface area contributed by atoms with Crippen LogP contribution >= 0.6 is 0 Å². The van der Waals surface area contributed by atoms with Gasteiger partial charge in [0.2, 0.25) is 0 Å². The number of benzene rings is 2. The van der Waals surface area contributed by atoms with Crippen molar-refractivity contribution in [1.82, 2.24) is 0 Å². The van der Waals surface area contributed by atoms with Gasteiger partial charge in [-0.05, 0) is 36.4 Å². The number of para-hydroxylation sites is 1. The quantitative estimate of drug-likeness (QED) is 0.499. The first kappa shape index (κ1) is 18.0. The molecule has 0 N–H and O–H groups in total. The molecule has 0 saturated carbocycles. The summed E-state index contributed by atoms with van der Waals surface area (Å²) in [4.78, 5) is 0. The zero-order chi connectivity index (χ0) is 18.0. The van der Waals surface area contributed by atoms with Gasteiger partial charge < -0.3 is 9.31 Å². The molecule has 1 aliphatic heterocycles. The van der Waals surface area contributed by atoms with Crippen LogP contribution in [0.25, 0.3) is 0 Å². The Labute approximate surface area is 132 Å². The maximum atomic E-state index is 12.7. The Kier molecular flexibility index (Phi) is 4.95. The summed E-state index contributed by atoms with van der Waals surface area (Å²) in [6.45, 7) is 0. The van der Waals surface area contributed by atoms with Gasteiger partial charge in [-0.15, -0.1) is 0 Å². The van der Waals surface area contributed by atoms with E-state index in [4.69, 9.17) is 9.31 Å². The zero-order valence-corrected chi connectivity index (χ0v) is 11.6. The largest absolute Gasteiger partial charge is 0.658 e. The summed E-state index contributed by atoms with van der Waals surface area (Å²) in [5, 5.41) is 0. The zero-order valence-electron chi connectivity index (χ0n) is 11.6. The number of halogens is 7. The van der Waals surface area contributed by atoms with Crippen LogP contribution in [0.4, 0.5) is 30.7 Å². The minimum absolute atomic E-state index is 0.169. The van der Waals surface area contributed by atoms with Crippen molar-refractivity contribution >= 4 is 7.69 Å². The lowest BCUT2D eigenvalue weighted by molar-refractivity contribution is -0.141. The molecule has 127 valence electrons. The summed E-state index contributed by atoms with van der Waals surface area (Å²) in [6, 6.07) is 6.15. The van der Waals surface area contributed by atoms with Crippen LogP contribution in [0, 0.1) is 5.82 Å². The van der Waals surface area contributed by atoms with Crippen molar-refractivity contribution in [2.24, 2.45) is 0 Å². The standard InChI is InChI=1S/C8H4F6.C6H3BFO2/c9-7(10,11)5-1-2-6(4-3-5)8(12,13)14;8-4-2-1-3-5-6(4)10-7-9-5/h1-4H;1-3H. The van der Waals surface area contributed by atoms with E-state index in [1.54, 1.807) is 12.1 Å². The third-order valence-corrected chi connectivity index (χ3v) is 2.81. The molecule has 1 aliphatic rings. The van der Waals surface area contributed by atoms with Gasteiger partial charge >= 0.3 is 20.0 Å². The number of hydrogen-bond donors (Lipinski definition) is 0. The molecule has 3 rings (SSSR count). The average molecular weight is 351 g/mol. The fourth-order valence-electron chi connectivity index (χ4n) is 1.67. The average Bonchev–Trinajstić information content (AvgIpc) is 2.96. The van der Waals surface area contributed by atoms with Crippen LogP contribution in [0.5, 0.6) is 11.5 Å². The second-order valence-corrected chi connectivity index (χ2v) is 4.47. The molecule has 2 aromatic carbocycles. The fourth-order valence-corrected chi connectivity index (χ4v) is 1.67. The van der Waals surface area contributed by atoms with E-state index in [-0.39, 0.29) is 5.75 Å². The number of rotatable bonds is 0. The van der Waals surface area contributed by atoms with Gasteiger partial charge in [-0.3, -0.25) is 0 Å². The Hall–Kier alpha value is -2.39. The topological polar surface area (TPSA) is 18.5 Å². The molecule has 0 saturated heterocycles. The van der Waals surface area contributed by atoms with Crippen molar-refractivity contribution in [1.29, 1.82) is 0 Å². The molecule has 0 fully saturated rings. The Morgan fingerprint density at radius 2 is 1.21 bits per heavy atom. The van der Waals surface area contributed by atoms with Gasteiger partial charge in [0.25, 0.3) is 0 Å². The Bertz CT molecular complexity index is 663. The highest BCUT2D eigenvalue weighted by Crippen LogP contribution is 2.34. The molecule has 0 aromatic heterocycles. The molecule has 1 heterocycles. The summed E-state index contributed by atoms with van der Waals surface area (Å²) >= 11 is 0. The lowest BCUT2D eigenvalue weighted by atomic mass is 10.1. The third-order valence-electron chi connectivity index (χ3n) is 2.81. The predicted octanol–water partition coefficient (Wildman–Crippen LogP) is 4.86. The Balaban J connectivity index is 0.000000182. The number of fused-ring (bicyclic) bond motifs is 1. The first-order chi connectivity index (χ1) is 11.1. The van der Waals surface area contributed by atoms with E-state index < -0.39 is 29.3 Å². The molecule has 0 spiro atoms. The van der Waals surface area contributed by atoms with Crippen LogP contribution in [0.1, 0.15) is 11.1 Å². The van der Waals surface area contributed by atoms with Crippen LogP contribution < -0.4 is 9.31 Å². The predicted molar refractivity (Wildman–Crippen MR) is 69.9 cm³/mol. The van der Waals surface area contributed by atoms with Gasteiger partial charge in [0, 0.05) is 0 Å². The van der Waals surface area contributed by atoms with Crippen molar-refractivity contribution in [3.63, 3.8) is 0 Å². The maximum Gasteiger partial charge on any atom is 0.658 e. The first-order valence-corrected chi connectivity index (χ1v) is 6.27. The molecule has 1 radical (unpaired) electrons. The van der Waals surface area contributed by atoms with E-state index in [2.05, 4.69) is 0 Å². The molecule has 0 amide bonds. The molecular weight excluding hydrogens is 344 g/mol. The lowest BCUT2D eigenvalue weighted by Crippen LogP contribution is -2.08. The van der Waals surface area contributed by atoms with Crippen molar-refractivity contribution < 1.29 is 40.0 Å². The molecule has 0 aliphatic carbocycles. The lowest BCUT2D eigenvalue weighted by Gasteiger charge is -2.09. The van der Waals surface area contributed by atoms with Gasteiger partial charge in [-0.2, -0.15) is 26.3 Å². The SMILES string of the molecule is FC(F)(F)c1ccc(C(F)(F)F)cc1.Fc1cccc2c1O[B]O2. The summed E-state index contributed by atoms with van der Waals surface area (Å²) in [5.41, 5.74) is -2.18. The molecule has 0 atom stereocenters. The third kappa shape index (κ3) is 4.33. The van der Waals surface area contributed by atoms with E-state index in [0.29, 0.717) is 30.0 Å². The molecule has 2 aromatic rings. The summed E-state index contributed by atoms with van der Waals surface area (Å²) in [5.74, 6) is 0.203. The van der Waals surface area contributed by atoms with Crippen molar-refractivity contribution in [3.8, 4) is 11.5 Å². The molecule has 24 heavy (non-hydrogen) atoms. The van der Waals surface area contributed by atoms with Gasteiger partial charge in [0.1, 0.15) is 5.75 Å².